The summed E-state index contributed by atoms with van der Waals surface area (Å²) in [5.41, 5.74) is 1.27. The van der Waals surface area contributed by atoms with Crippen LogP contribution in [-0.4, -0.2) is 26.4 Å². The SMILES string of the molecule is Cc1ccc(NC(=O)CSc2nnc(-c3ccccc3F)n2CC(C)C)c(F)c1. The molecule has 3 rings (SSSR count). The van der Waals surface area contributed by atoms with Crippen LogP contribution in [0.2, 0.25) is 0 Å². The van der Waals surface area contributed by atoms with E-state index in [1.54, 1.807) is 31.2 Å². The van der Waals surface area contributed by atoms with E-state index >= 15 is 0 Å². The Kier molecular flexibility index (Phi) is 6.64. The van der Waals surface area contributed by atoms with Gasteiger partial charge in [-0.3, -0.25) is 4.79 Å². The van der Waals surface area contributed by atoms with E-state index < -0.39 is 5.82 Å². The standard InChI is InChI=1S/C21H22F2N4OS/c1-13(2)11-27-20(15-6-4-5-7-16(15)22)25-26-21(27)29-12-19(28)24-18-9-8-14(3)10-17(18)23/h4-10,13H,11-12H2,1-3H3,(H,24,28). The minimum absolute atomic E-state index is 0.0286. The minimum atomic E-state index is -0.479. The van der Waals surface area contributed by atoms with E-state index in [2.05, 4.69) is 15.5 Å². The number of aromatic nitrogens is 3. The lowest BCUT2D eigenvalue weighted by molar-refractivity contribution is -0.113. The van der Waals surface area contributed by atoms with E-state index in [1.807, 2.05) is 18.4 Å². The Bertz CT molecular complexity index is 1020. The topological polar surface area (TPSA) is 59.8 Å². The molecule has 0 bridgehead atoms. The van der Waals surface area contributed by atoms with Crippen LogP contribution in [0.5, 0.6) is 0 Å². The van der Waals surface area contributed by atoms with Gasteiger partial charge in [-0.05, 0) is 42.7 Å². The first-order valence-corrected chi connectivity index (χ1v) is 10.2. The van der Waals surface area contributed by atoms with Crippen LogP contribution in [0.4, 0.5) is 14.5 Å². The first kappa shape index (κ1) is 21.0. The van der Waals surface area contributed by atoms with Crippen molar-refractivity contribution in [2.45, 2.75) is 32.5 Å². The Labute approximate surface area is 172 Å². The Morgan fingerprint density at radius 3 is 2.59 bits per heavy atom. The largest absolute Gasteiger partial charge is 0.323 e. The van der Waals surface area contributed by atoms with E-state index in [-0.39, 0.29) is 29.1 Å². The van der Waals surface area contributed by atoms with Crippen molar-refractivity contribution in [3.63, 3.8) is 0 Å². The van der Waals surface area contributed by atoms with Crippen molar-refractivity contribution in [2.75, 3.05) is 11.1 Å². The predicted octanol–water partition coefficient (Wildman–Crippen LogP) is 4.92. The molecule has 0 saturated carbocycles. The highest BCUT2D eigenvalue weighted by Crippen LogP contribution is 2.27. The first-order valence-electron chi connectivity index (χ1n) is 9.22. The fourth-order valence-corrected chi connectivity index (χ4v) is 3.55. The van der Waals surface area contributed by atoms with Crippen LogP contribution in [0.1, 0.15) is 19.4 Å². The van der Waals surface area contributed by atoms with Crippen LogP contribution >= 0.6 is 11.8 Å². The number of anilines is 1. The van der Waals surface area contributed by atoms with Gasteiger partial charge < -0.3 is 9.88 Å². The number of carbonyl (C=O) groups is 1. The molecular formula is C21H22F2N4OS. The molecule has 152 valence electrons. The average molecular weight is 416 g/mol. The summed E-state index contributed by atoms with van der Waals surface area (Å²) in [6.45, 7) is 6.42. The predicted molar refractivity (Wildman–Crippen MR) is 111 cm³/mol. The second kappa shape index (κ2) is 9.17. The maximum Gasteiger partial charge on any atom is 0.234 e. The zero-order chi connectivity index (χ0) is 21.0. The molecule has 2 aromatic carbocycles. The smallest absolute Gasteiger partial charge is 0.234 e. The molecule has 0 aliphatic carbocycles. The molecule has 0 aliphatic heterocycles. The van der Waals surface area contributed by atoms with E-state index in [4.69, 9.17) is 0 Å². The molecule has 1 heterocycles. The van der Waals surface area contributed by atoms with Crippen LogP contribution in [0.15, 0.2) is 47.6 Å². The van der Waals surface area contributed by atoms with Crippen molar-refractivity contribution in [1.29, 1.82) is 0 Å². The molecule has 1 N–H and O–H groups in total. The molecule has 0 saturated heterocycles. The van der Waals surface area contributed by atoms with Gasteiger partial charge >= 0.3 is 0 Å². The summed E-state index contributed by atoms with van der Waals surface area (Å²) in [6, 6.07) is 11.0. The van der Waals surface area contributed by atoms with E-state index in [0.717, 1.165) is 5.56 Å². The molecule has 0 aliphatic rings. The number of halogens is 2. The van der Waals surface area contributed by atoms with Gasteiger partial charge in [0.15, 0.2) is 11.0 Å². The third-order valence-corrected chi connectivity index (χ3v) is 5.08. The zero-order valence-electron chi connectivity index (χ0n) is 16.4. The number of rotatable bonds is 7. The van der Waals surface area contributed by atoms with Gasteiger partial charge in [0, 0.05) is 6.54 Å². The van der Waals surface area contributed by atoms with Gasteiger partial charge in [0.05, 0.1) is 17.0 Å². The molecular weight excluding hydrogens is 394 g/mol. The molecule has 0 fully saturated rings. The van der Waals surface area contributed by atoms with Crippen molar-refractivity contribution in [1.82, 2.24) is 14.8 Å². The normalized spacial score (nSPS) is 11.1. The summed E-state index contributed by atoms with van der Waals surface area (Å²) < 4.78 is 30.0. The van der Waals surface area contributed by atoms with Crippen LogP contribution in [-0.2, 0) is 11.3 Å². The summed E-state index contributed by atoms with van der Waals surface area (Å²) in [5.74, 6) is -0.497. The number of aryl methyl sites for hydroxylation is 1. The maximum absolute atomic E-state index is 14.2. The second-order valence-electron chi connectivity index (χ2n) is 7.11. The molecule has 0 radical (unpaired) electrons. The van der Waals surface area contributed by atoms with Crippen LogP contribution in [0.25, 0.3) is 11.4 Å². The fourth-order valence-electron chi connectivity index (χ4n) is 2.80. The van der Waals surface area contributed by atoms with Crippen molar-refractivity contribution < 1.29 is 13.6 Å². The molecule has 1 amide bonds. The number of nitrogens with zero attached hydrogens (tertiary/aromatic N) is 3. The van der Waals surface area contributed by atoms with Crippen LogP contribution in [0, 0.1) is 24.5 Å². The van der Waals surface area contributed by atoms with Crippen molar-refractivity contribution in [3.8, 4) is 11.4 Å². The Morgan fingerprint density at radius 2 is 1.90 bits per heavy atom. The molecule has 5 nitrogen and oxygen atoms in total. The van der Waals surface area contributed by atoms with Gasteiger partial charge in [0.1, 0.15) is 11.6 Å². The van der Waals surface area contributed by atoms with Crippen molar-refractivity contribution in [3.05, 3.63) is 59.7 Å². The summed E-state index contributed by atoms with van der Waals surface area (Å²) in [7, 11) is 0. The summed E-state index contributed by atoms with van der Waals surface area (Å²) in [4.78, 5) is 12.3. The van der Waals surface area contributed by atoms with Gasteiger partial charge in [0.2, 0.25) is 5.91 Å². The lowest BCUT2D eigenvalue weighted by Gasteiger charge is -2.13. The molecule has 0 spiro atoms. The van der Waals surface area contributed by atoms with Gasteiger partial charge in [-0.15, -0.1) is 10.2 Å². The fraction of sp³-hybridized carbons (Fsp3) is 0.286. The highest BCUT2D eigenvalue weighted by molar-refractivity contribution is 7.99. The third-order valence-electron chi connectivity index (χ3n) is 4.11. The minimum Gasteiger partial charge on any atom is -0.323 e. The summed E-state index contributed by atoms with van der Waals surface area (Å²) in [5, 5.41) is 11.4. The summed E-state index contributed by atoms with van der Waals surface area (Å²) >= 11 is 1.18. The molecule has 0 unspecified atom stereocenters. The van der Waals surface area contributed by atoms with Gasteiger partial charge in [-0.1, -0.05) is 43.8 Å². The van der Waals surface area contributed by atoms with Gasteiger partial charge in [-0.25, -0.2) is 8.78 Å². The number of hydrogen-bond donors (Lipinski definition) is 1. The number of carbonyl (C=O) groups excluding carboxylic acids is 1. The van der Waals surface area contributed by atoms with E-state index in [1.165, 1.54) is 30.0 Å². The number of benzene rings is 2. The average Bonchev–Trinajstić information content (AvgIpc) is 3.04. The lowest BCUT2D eigenvalue weighted by Crippen LogP contribution is -2.16. The van der Waals surface area contributed by atoms with Crippen molar-refractivity contribution in [2.24, 2.45) is 5.92 Å². The highest BCUT2D eigenvalue weighted by atomic mass is 32.2. The molecule has 0 atom stereocenters. The Hall–Kier alpha value is -2.74. The second-order valence-corrected chi connectivity index (χ2v) is 8.05. The zero-order valence-corrected chi connectivity index (χ0v) is 17.3. The molecule has 3 aromatic rings. The van der Waals surface area contributed by atoms with E-state index in [0.29, 0.717) is 23.1 Å². The Balaban J connectivity index is 1.76. The monoisotopic (exact) mass is 416 g/mol. The summed E-state index contributed by atoms with van der Waals surface area (Å²) in [6.07, 6.45) is 0. The van der Waals surface area contributed by atoms with Crippen molar-refractivity contribution >= 4 is 23.4 Å². The Morgan fingerprint density at radius 1 is 1.14 bits per heavy atom. The lowest BCUT2D eigenvalue weighted by atomic mass is 10.2. The van der Waals surface area contributed by atoms with Crippen LogP contribution in [0.3, 0.4) is 0 Å². The molecule has 1 aromatic heterocycles. The number of thioether (sulfide) groups is 1. The quantitative estimate of drug-likeness (QED) is 0.556. The number of hydrogen-bond acceptors (Lipinski definition) is 4. The highest BCUT2D eigenvalue weighted by Gasteiger charge is 2.19. The third kappa shape index (κ3) is 5.20. The van der Waals surface area contributed by atoms with Gasteiger partial charge in [0.25, 0.3) is 0 Å². The number of nitrogens with one attached hydrogen (secondary N) is 1. The first-order chi connectivity index (χ1) is 13.8. The van der Waals surface area contributed by atoms with E-state index in [9.17, 15) is 13.6 Å². The maximum atomic E-state index is 14.2. The molecule has 29 heavy (non-hydrogen) atoms. The van der Waals surface area contributed by atoms with Crippen LogP contribution < -0.4 is 5.32 Å². The number of amides is 1. The van der Waals surface area contributed by atoms with Gasteiger partial charge in [-0.2, -0.15) is 0 Å². The molecule has 8 heteroatoms.